The minimum absolute atomic E-state index is 0. The molecule has 0 aliphatic heterocycles. The van der Waals surface area contributed by atoms with Crippen molar-refractivity contribution in [2.24, 2.45) is 0 Å². The van der Waals surface area contributed by atoms with Gasteiger partial charge in [0, 0.05) is 73.4 Å². The zero-order valence-corrected chi connectivity index (χ0v) is 77.0. The third-order valence-electron chi connectivity index (χ3n) is 19.0. The molecule has 0 unspecified atom stereocenters. The Kier molecular flexibility index (Phi) is 32.0. The third kappa shape index (κ3) is 25.4. The summed E-state index contributed by atoms with van der Waals surface area (Å²) < 4.78 is 10.9. The van der Waals surface area contributed by atoms with E-state index < -0.39 is 0 Å². The second kappa shape index (κ2) is 42.6. The van der Waals surface area contributed by atoms with Crippen LogP contribution < -0.4 is 0 Å². The van der Waals surface area contributed by atoms with Crippen molar-refractivity contribution in [2.75, 3.05) is 0 Å². The van der Waals surface area contributed by atoms with Crippen LogP contribution >= 0.6 is 0 Å². The fourth-order valence-electron chi connectivity index (χ4n) is 13.3. The fraction of sp³-hybridized carbons (Fsp3) is 0.204. The van der Waals surface area contributed by atoms with Crippen molar-refractivity contribution in [3.63, 3.8) is 0 Å². The van der Waals surface area contributed by atoms with Crippen LogP contribution in [0.5, 0.6) is 0 Å². The Hall–Kier alpha value is -13.4. The number of hydrogen-bond acceptors (Lipinski definition) is 18. The average molecular weight is 1790 g/mol. The van der Waals surface area contributed by atoms with Crippen molar-refractivity contribution < 1.29 is 50.3 Å². The topological polar surface area (TPSA) is 262 Å². The molecule has 0 fully saturated rings. The normalized spacial score (nSPS) is 10.5. The molecule has 632 valence electrons. The molecular weight excluding hydrogens is 1690 g/mol. The van der Waals surface area contributed by atoms with Gasteiger partial charge in [-0.3, -0.25) is 29.9 Å². The van der Waals surface area contributed by atoms with E-state index in [0.717, 1.165) is 182 Å². The molecule has 2 radical (unpaired) electrons. The Morgan fingerprint density at radius 1 is 0.192 bits per heavy atom. The summed E-state index contributed by atoms with van der Waals surface area (Å²) >= 11 is 0. The van der Waals surface area contributed by atoms with E-state index in [1.807, 2.05) is 285 Å². The smallest absolute Gasteiger partial charge is 0.255 e. The van der Waals surface area contributed by atoms with Crippen LogP contribution in [0.15, 0.2) is 244 Å². The van der Waals surface area contributed by atoms with Crippen LogP contribution in [0, 0.1) is 138 Å². The van der Waals surface area contributed by atoms with Gasteiger partial charge in [0.15, 0.2) is 34.9 Å². The van der Waals surface area contributed by atoms with Crippen molar-refractivity contribution in [1.29, 1.82) is 0 Å². The maximum absolute atomic E-state index is 4.73. The summed E-state index contributed by atoms with van der Waals surface area (Å²) in [7, 11) is 0. The maximum Gasteiger partial charge on any atom is 3.00 e. The van der Waals surface area contributed by atoms with Gasteiger partial charge in [0.25, 0.3) is 0 Å². The maximum atomic E-state index is 4.73. The monoisotopic (exact) mass is 1790 g/mol. The molecule has 27 heteroatoms. The Bertz CT molecular complexity index is 6060. The molecule has 0 bridgehead atoms. The van der Waals surface area contributed by atoms with Crippen molar-refractivity contribution >= 4 is 0 Å². The van der Waals surface area contributed by atoms with Crippen molar-refractivity contribution in [1.82, 2.24) is 118 Å². The van der Waals surface area contributed by atoms with Crippen molar-refractivity contribution in [2.45, 2.75) is 138 Å². The SMILES string of the molecule is Cc1ccnc(-c2cc(C)cc(-n3cc(C)cn3)n2)c1.Cc1ccnc(-c2cc(C)cc(-n3cc(C)cn3)n2)c1.Cc1ccnc(-c2cc(C)cc(-n3cc(C)cn3)n2)c1.Cc1ccnc(-c2cc(C)cc(-n3cc(C)cn3)n2)c1.Cc1ccnc(-c2cc(C)cc(-n3nc(C)cc3C)n2)c1.Cc1ccnc(-c2cc(C)cc(-n3nc(C)cc3C)n2)c1.[Co+2].[Co+2].[Co+3]. The molecule has 0 saturated carbocycles. The number of aryl methyl sites for hydroxylation is 20. The first kappa shape index (κ1) is 93.8. The van der Waals surface area contributed by atoms with E-state index in [9.17, 15) is 0 Å². The van der Waals surface area contributed by atoms with E-state index in [-0.39, 0.29) is 50.3 Å². The molecular formula is C98H100Co3N24+7. The number of rotatable bonds is 12. The van der Waals surface area contributed by atoms with Gasteiger partial charge in [-0.15, -0.1) is 0 Å². The Morgan fingerprint density at radius 3 is 0.528 bits per heavy atom. The van der Waals surface area contributed by atoms with E-state index in [2.05, 4.69) is 188 Å². The molecule has 0 atom stereocenters. The molecule has 0 aliphatic carbocycles. The Morgan fingerprint density at radius 2 is 0.368 bits per heavy atom. The first-order chi connectivity index (χ1) is 58.5. The molecule has 24 nitrogen and oxygen atoms in total. The summed E-state index contributed by atoms with van der Waals surface area (Å²) in [6.07, 6.45) is 26.1. The van der Waals surface area contributed by atoms with E-state index >= 15 is 0 Å². The third-order valence-corrected chi connectivity index (χ3v) is 19.0. The van der Waals surface area contributed by atoms with Crippen LogP contribution in [0.1, 0.15) is 112 Å². The van der Waals surface area contributed by atoms with Crippen LogP contribution in [0.2, 0.25) is 0 Å². The molecule has 18 aromatic rings. The summed E-state index contributed by atoms with van der Waals surface area (Å²) in [6, 6.07) is 52.7. The first-order valence-electron chi connectivity index (χ1n) is 40.2. The van der Waals surface area contributed by atoms with Gasteiger partial charge in [0.1, 0.15) is 0 Å². The van der Waals surface area contributed by atoms with Gasteiger partial charge in [-0.05, 0) is 385 Å². The van der Waals surface area contributed by atoms with Crippen LogP contribution in [0.4, 0.5) is 0 Å². The number of pyridine rings is 12. The first-order valence-corrected chi connectivity index (χ1v) is 40.2. The largest absolute Gasteiger partial charge is 3.00 e. The summed E-state index contributed by atoms with van der Waals surface area (Å²) in [6.45, 7) is 40.8. The van der Waals surface area contributed by atoms with Gasteiger partial charge >= 0.3 is 50.3 Å². The van der Waals surface area contributed by atoms with Gasteiger partial charge in [0.05, 0.1) is 105 Å². The zero-order valence-electron chi connectivity index (χ0n) is 73.8. The Labute approximate surface area is 761 Å². The van der Waals surface area contributed by atoms with E-state index in [0.29, 0.717) is 0 Å². The van der Waals surface area contributed by atoms with E-state index in [1.54, 1.807) is 18.7 Å². The van der Waals surface area contributed by atoms with E-state index in [4.69, 9.17) is 9.97 Å². The summed E-state index contributed by atoms with van der Waals surface area (Å²) in [4.78, 5) is 54.6. The van der Waals surface area contributed by atoms with Crippen LogP contribution in [0.25, 0.3) is 103 Å². The molecule has 0 N–H and O–H groups in total. The van der Waals surface area contributed by atoms with Gasteiger partial charge in [-0.25, -0.2) is 58.0 Å². The average Bonchev–Trinajstić information content (AvgIpc) is 1.77. The molecule has 0 aliphatic rings. The number of nitrogens with zero attached hydrogens (tertiary/aromatic N) is 24. The van der Waals surface area contributed by atoms with Crippen molar-refractivity contribution in [3.05, 3.63) is 356 Å². The summed E-state index contributed by atoms with van der Waals surface area (Å²) in [5.41, 5.74) is 33.1. The van der Waals surface area contributed by atoms with Gasteiger partial charge in [0.2, 0.25) is 0 Å². The van der Waals surface area contributed by atoms with Gasteiger partial charge in [-0.1, -0.05) is 0 Å². The molecule has 18 aromatic heterocycles. The molecule has 125 heavy (non-hydrogen) atoms. The van der Waals surface area contributed by atoms with Crippen LogP contribution in [-0.2, 0) is 50.3 Å². The zero-order chi connectivity index (χ0) is 86.4. The number of hydrogen-bond donors (Lipinski definition) is 0. The molecule has 0 saturated heterocycles. The summed E-state index contributed by atoms with van der Waals surface area (Å²) in [5, 5.41) is 26.3. The second-order valence-corrected chi connectivity index (χ2v) is 31.2. The molecule has 0 aromatic carbocycles. The Balaban J connectivity index is 0.000000156. The van der Waals surface area contributed by atoms with E-state index in [1.165, 1.54) is 33.4 Å². The fourth-order valence-corrected chi connectivity index (χ4v) is 13.3. The standard InChI is InChI=1S/2C17H18N4.4C16H16N4.3Co/c2*1-11-5-6-18-15(7-11)16-8-12(2)9-17(19-16)21-14(4)10-13(3)20-21;4*1-11-4-5-17-14(6-11)15-7-12(2)8-16(19-15)20-10-13(3)9-18-20;;;/h2*5-10H,1-4H3;4*4-10H,1-3H3;;;/q;;;;;;2*+2;+3. The van der Waals surface area contributed by atoms with Crippen LogP contribution in [0.3, 0.4) is 0 Å². The molecule has 0 spiro atoms. The molecule has 18 rings (SSSR count). The minimum Gasteiger partial charge on any atom is -0.255 e. The minimum atomic E-state index is 0. The summed E-state index contributed by atoms with van der Waals surface area (Å²) in [5.74, 6) is 4.93. The van der Waals surface area contributed by atoms with Gasteiger partial charge in [-0.2, -0.15) is 30.6 Å². The van der Waals surface area contributed by atoms with Crippen molar-refractivity contribution in [3.8, 4) is 103 Å². The number of aromatic nitrogens is 24. The predicted molar refractivity (Wildman–Crippen MR) is 482 cm³/mol. The predicted octanol–water partition coefficient (Wildman–Crippen LogP) is 20.1. The molecule has 18 heterocycles. The second-order valence-electron chi connectivity index (χ2n) is 31.2. The quantitative estimate of drug-likeness (QED) is 0.110. The molecule has 0 amide bonds. The van der Waals surface area contributed by atoms with Crippen LogP contribution in [-0.4, -0.2) is 118 Å². The van der Waals surface area contributed by atoms with Gasteiger partial charge < -0.3 is 0 Å².